The van der Waals surface area contributed by atoms with Gasteiger partial charge in [0.2, 0.25) is 0 Å². The van der Waals surface area contributed by atoms with Crippen molar-refractivity contribution in [1.29, 1.82) is 0 Å². The van der Waals surface area contributed by atoms with E-state index in [1.165, 1.54) is 32.1 Å². The second kappa shape index (κ2) is 8.73. The van der Waals surface area contributed by atoms with E-state index in [1.54, 1.807) is 14.2 Å². The molecular weight excluding hydrogens is 266 g/mol. The molecule has 1 aliphatic rings. The van der Waals surface area contributed by atoms with Crippen LogP contribution in [-0.4, -0.2) is 44.3 Å². The van der Waals surface area contributed by atoms with E-state index in [2.05, 4.69) is 0 Å². The number of carbonyl (C=O) groups is 1. The van der Waals surface area contributed by atoms with E-state index < -0.39 is 0 Å². The van der Waals surface area contributed by atoms with Crippen LogP contribution in [0.2, 0.25) is 0 Å². The monoisotopic (exact) mass is 288 g/mol. The molecule has 1 saturated carbocycles. The van der Waals surface area contributed by atoms with E-state index >= 15 is 0 Å². The summed E-state index contributed by atoms with van der Waals surface area (Å²) < 4.78 is 10.6. The Morgan fingerprint density at radius 3 is 2.15 bits per heavy atom. The molecule has 1 atom stereocenters. The Morgan fingerprint density at radius 2 is 1.65 bits per heavy atom. The van der Waals surface area contributed by atoms with Crippen LogP contribution >= 0.6 is 8.58 Å². The fourth-order valence-corrected chi connectivity index (χ4v) is 4.04. The molecule has 0 saturated heterocycles. The Balaban J connectivity index is 0.00000200. The molecule has 0 radical (unpaired) electrons. The molecular formula is C15H22LiO3P. The number of hydrogen-bond acceptors (Lipinski definition) is 3. The molecule has 1 unspecified atom stereocenters. The van der Waals surface area contributed by atoms with Gasteiger partial charge in [-0.25, -0.2) is 0 Å². The third-order valence-corrected chi connectivity index (χ3v) is 5.09. The average molecular weight is 288 g/mol. The summed E-state index contributed by atoms with van der Waals surface area (Å²) in [4.78, 5) is 12.5. The number of rotatable bonds is 5. The van der Waals surface area contributed by atoms with E-state index in [1.807, 2.05) is 18.2 Å². The topological polar surface area (TPSA) is 35.5 Å². The van der Waals surface area contributed by atoms with Crippen LogP contribution in [0.1, 0.15) is 42.5 Å². The van der Waals surface area contributed by atoms with Crippen LogP contribution in [0.15, 0.2) is 18.2 Å². The van der Waals surface area contributed by atoms with Crippen molar-refractivity contribution in [3.63, 3.8) is 0 Å². The predicted octanol–water partition coefficient (Wildman–Crippen LogP) is 3.21. The maximum atomic E-state index is 12.5. The zero-order valence-corrected chi connectivity index (χ0v) is 12.6. The van der Waals surface area contributed by atoms with E-state index in [4.69, 9.17) is 9.47 Å². The summed E-state index contributed by atoms with van der Waals surface area (Å²) >= 11 is 0. The van der Waals surface area contributed by atoms with Gasteiger partial charge in [0.05, 0.1) is 14.2 Å². The van der Waals surface area contributed by atoms with E-state index in [9.17, 15) is 4.79 Å². The van der Waals surface area contributed by atoms with Crippen molar-refractivity contribution in [3.05, 3.63) is 23.8 Å². The molecule has 0 aliphatic heterocycles. The van der Waals surface area contributed by atoms with Crippen molar-refractivity contribution >= 4 is 33.0 Å². The summed E-state index contributed by atoms with van der Waals surface area (Å²) in [5.41, 5.74) is 1.33. The second-order valence-corrected chi connectivity index (χ2v) is 6.41. The van der Waals surface area contributed by atoms with Gasteiger partial charge in [-0.2, -0.15) is 0 Å². The van der Waals surface area contributed by atoms with Crippen LogP contribution in [0.25, 0.3) is 0 Å². The van der Waals surface area contributed by atoms with Gasteiger partial charge < -0.3 is 9.47 Å². The molecule has 3 nitrogen and oxygen atoms in total. The number of carbonyl (C=O) groups excluding carboxylic acids is 1. The third-order valence-electron chi connectivity index (χ3n) is 3.60. The Hall–Kier alpha value is -0.483. The SMILES string of the molecule is COc1cccc(OC)c1C(=O)PC1CCCCC1.[LiH]. The molecule has 0 aromatic heterocycles. The Bertz CT molecular complexity index is 422. The zero-order valence-electron chi connectivity index (χ0n) is 11.6. The number of methoxy groups -OCH3 is 2. The van der Waals surface area contributed by atoms with E-state index in [0.29, 0.717) is 31.3 Å². The van der Waals surface area contributed by atoms with Crippen molar-refractivity contribution in [1.82, 2.24) is 0 Å². The third kappa shape index (κ3) is 4.25. The molecule has 2 rings (SSSR count). The van der Waals surface area contributed by atoms with E-state index in [0.717, 1.165) is 0 Å². The van der Waals surface area contributed by atoms with Gasteiger partial charge in [0.15, 0.2) is 5.52 Å². The molecule has 20 heavy (non-hydrogen) atoms. The summed E-state index contributed by atoms with van der Waals surface area (Å²) in [6.45, 7) is 0. The second-order valence-electron chi connectivity index (χ2n) is 4.85. The number of benzene rings is 1. The molecule has 106 valence electrons. The first-order valence-corrected chi connectivity index (χ1v) is 7.86. The van der Waals surface area contributed by atoms with Gasteiger partial charge in [0.25, 0.3) is 0 Å². The summed E-state index contributed by atoms with van der Waals surface area (Å²) in [6.07, 6.45) is 6.19. The van der Waals surface area contributed by atoms with Crippen molar-refractivity contribution in [2.45, 2.75) is 37.8 Å². The Labute approximate surface area is 134 Å². The molecule has 0 amide bonds. The quantitative estimate of drug-likeness (QED) is 0.616. The molecule has 1 aromatic rings. The van der Waals surface area contributed by atoms with Crippen LogP contribution in [0.5, 0.6) is 11.5 Å². The Morgan fingerprint density at radius 1 is 1.10 bits per heavy atom. The predicted molar refractivity (Wildman–Crippen MR) is 86.2 cm³/mol. The standard InChI is InChI=1S/C15H21O3P.Li.H/c1-17-12-9-6-10-13(18-2)14(12)15(16)19-11-7-4-3-5-8-11;;/h6,9-11,19H,3-5,7-8H2,1-2H3;;. The summed E-state index contributed by atoms with van der Waals surface area (Å²) in [7, 11) is 3.52. The van der Waals surface area contributed by atoms with Crippen LogP contribution in [-0.2, 0) is 0 Å². The van der Waals surface area contributed by atoms with Crippen LogP contribution in [0.3, 0.4) is 0 Å². The fourth-order valence-electron chi connectivity index (χ4n) is 2.58. The van der Waals surface area contributed by atoms with Crippen molar-refractivity contribution < 1.29 is 14.3 Å². The van der Waals surface area contributed by atoms with E-state index in [-0.39, 0.29) is 24.4 Å². The Kier molecular flexibility index (Phi) is 7.67. The van der Waals surface area contributed by atoms with Gasteiger partial charge in [-0.15, -0.1) is 0 Å². The number of hydrogen-bond donors (Lipinski definition) is 0. The molecule has 0 bridgehead atoms. The van der Waals surface area contributed by atoms with Crippen molar-refractivity contribution in [2.24, 2.45) is 0 Å². The molecule has 1 fully saturated rings. The summed E-state index contributed by atoms with van der Waals surface area (Å²) in [5, 5.41) is 0. The van der Waals surface area contributed by atoms with Crippen molar-refractivity contribution in [3.8, 4) is 11.5 Å². The first-order chi connectivity index (χ1) is 9.26. The van der Waals surface area contributed by atoms with Gasteiger partial charge in [-0.3, -0.25) is 4.79 Å². The molecule has 0 heterocycles. The van der Waals surface area contributed by atoms with Gasteiger partial charge in [-0.1, -0.05) is 25.3 Å². The average Bonchev–Trinajstić information content (AvgIpc) is 2.47. The molecule has 0 spiro atoms. The molecule has 0 N–H and O–H groups in total. The van der Waals surface area contributed by atoms with Gasteiger partial charge in [0, 0.05) is 0 Å². The minimum absolute atomic E-state index is 0. The van der Waals surface area contributed by atoms with Crippen molar-refractivity contribution in [2.75, 3.05) is 14.2 Å². The number of ether oxygens (including phenoxy) is 2. The summed E-state index contributed by atoms with van der Waals surface area (Å²) in [6, 6.07) is 5.49. The van der Waals surface area contributed by atoms with Gasteiger partial charge >= 0.3 is 18.9 Å². The maximum absolute atomic E-state index is 12.5. The fraction of sp³-hybridized carbons (Fsp3) is 0.533. The van der Waals surface area contributed by atoms with Gasteiger partial charge in [-0.05, 0) is 39.2 Å². The molecule has 1 aliphatic carbocycles. The van der Waals surface area contributed by atoms with Crippen LogP contribution < -0.4 is 9.47 Å². The first-order valence-electron chi connectivity index (χ1n) is 6.78. The normalized spacial score (nSPS) is 15.9. The minimum atomic E-state index is 0. The van der Waals surface area contributed by atoms with Crippen LogP contribution in [0.4, 0.5) is 0 Å². The van der Waals surface area contributed by atoms with Gasteiger partial charge in [0.1, 0.15) is 17.1 Å². The van der Waals surface area contributed by atoms with Crippen LogP contribution in [0, 0.1) is 0 Å². The molecule has 5 heteroatoms. The first kappa shape index (κ1) is 17.6. The molecule has 1 aromatic carbocycles. The summed E-state index contributed by atoms with van der Waals surface area (Å²) in [5.74, 6) is 1.24. The zero-order chi connectivity index (χ0) is 13.7.